The van der Waals surface area contributed by atoms with E-state index in [1.54, 1.807) is 11.1 Å². The molecule has 3 aromatic rings. The zero-order valence-electron chi connectivity index (χ0n) is 28.3. The Morgan fingerprint density at radius 1 is 1.13 bits per heavy atom. The molecule has 46 heavy (non-hydrogen) atoms. The van der Waals surface area contributed by atoms with Crippen LogP contribution in [0.15, 0.2) is 27.3 Å². The molecule has 13 heteroatoms. The van der Waals surface area contributed by atoms with Crippen LogP contribution in [0.5, 0.6) is 0 Å². The molecule has 0 saturated carbocycles. The van der Waals surface area contributed by atoms with E-state index in [0.717, 1.165) is 46.8 Å². The number of fused-ring (bicyclic) bond motifs is 1. The molecule has 2 fully saturated rings. The summed E-state index contributed by atoms with van der Waals surface area (Å²) in [5, 5.41) is 6.25. The molecule has 3 atom stereocenters. The quantitative estimate of drug-likeness (QED) is 0.212. The molecule has 0 N–H and O–H groups in total. The Morgan fingerprint density at radius 3 is 2.57 bits per heavy atom. The standard InChI is InChI=1S/C33H48BrClN4O6Si/c1-32(2,3)44-31(40)38-14-16-41-26(20-38)29(45-46(7,8)33(4,5)6)30-36-18-21(43-30)12-13-22-24(35)17-25-23(28(22)34)19-37-39(25)27-11-9-10-15-42-27/h17-19,26-27,29H,9-16,20H2,1-8H3/t26-,27?,29-/m1/s1. The first-order valence-corrected chi connectivity index (χ1v) is 20.3. The molecule has 2 aromatic heterocycles. The van der Waals surface area contributed by atoms with Crippen molar-refractivity contribution in [1.82, 2.24) is 19.7 Å². The van der Waals surface area contributed by atoms with Gasteiger partial charge in [-0.3, -0.25) is 0 Å². The van der Waals surface area contributed by atoms with Crippen LogP contribution in [0.25, 0.3) is 10.9 Å². The van der Waals surface area contributed by atoms with Gasteiger partial charge in [0.05, 0.1) is 31.1 Å². The zero-order valence-corrected chi connectivity index (χ0v) is 31.7. The van der Waals surface area contributed by atoms with Crippen LogP contribution in [-0.2, 0) is 31.5 Å². The second-order valence-electron chi connectivity index (χ2n) is 14.8. The SMILES string of the molecule is CC(C)(C)OC(=O)N1CCO[C@@H]([C@@H](O[Si](C)(C)C(C)(C)C)c2ncc(CCc3c(Cl)cc4c(cnn4C4CCCCO4)c3Br)o2)C1. The summed E-state index contributed by atoms with van der Waals surface area (Å²) >= 11 is 10.7. The van der Waals surface area contributed by atoms with E-state index in [0.29, 0.717) is 49.2 Å². The van der Waals surface area contributed by atoms with Gasteiger partial charge in [0, 0.05) is 34.5 Å². The summed E-state index contributed by atoms with van der Waals surface area (Å²) in [7, 11) is -2.29. The maximum absolute atomic E-state index is 13.0. The summed E-state index contributed by atoms with van der Waals surface area (Å²) in [5.74, 6) is 1.17. The van der Waals surface area contributed by atoms with Gasteiger partial charge in [0.2, 0.25) is 5.89 Å². The molecule has 1 aromatic carbocycles. The van der Waals surface area contributed by atoms with Crippen LogP contribution in [0.2, 0.25) is 23.2 Å². The fourth-order valence-electron chi connectivity index (χ4n) is 5.48. The molecule has 254 valence electrons. The number of amides is 1. The Labute approximate surface area is 286 Å². The number of morpholine rings is 1. The monoisotopic (exact) mass is 738 g/mol. The van der Waals surface area contributed by atoms with Crippen molar-refractivity contribution in [2.45, 2.75) is 116 Å². The van der Waals surface area contributed by atoms with Gasteiger partial charge in [0.25, 0.3) is 0 Å². The maximum Gasteiger partial charge on any atom is 0.410 e. The van der Waals surface area contributed by atoms with Crippen LogP contribution in [0.1, 0.15) is 90.4 Å². The summed E-state index contributed by atoms with van der Waals surface area (Å²) in [4.78, 5) is 19.3. The van der Waals surface area contributed by atoms with E-state index in [4.69, 9.17) is 39.6 Å². The highest BCUT2D eigenvalue weighted by atomic mass is 79.9. The van der Waals surface area contributed by atoms with Gasteiger partial charge in [0.15, 0.2) is 20.6 Å². The first-order valence-electron chi connectivity index (χ1n) is 16.2. The Kier molecular flexibility index (Phi) is 10.7. The topological polar surface area (TPSA) is 101 Å². The van der Waals surface area contributed by atoms with Gasteiger partial charge < -0.3 is 28.0 Å². The van der Waals surface area contributed by atoms with Crippen LogP contribution < -0.4 is 0 Å². The lowest BCUT2D eigenvalue weighted by Crippen LogP contribution is -2.52. The number of aromatic nitrogens is 3. The van der Waals surface area contributed by atoms with Crippen molar-refractivity contribution >= 4 is 52.8 Å². The number of halogens is 2. The van der Waals surface area contributed by atoms with Crippen LogP contribution >= 0.6 is 27.5 Å². The van der Waals surface area contributed by atoms with Crippen LogP contribution in [-0.4, -0.2) is 72.1 Å². The van der Waals surface area contributed by atoms with Gasteiger partial charge in [-0.2, -0.15) is 5.10 Å². The molecule has 0 bridgehead atoms. The third kappa shape index (κ3) is 8.01. The average molecular weight is 740 g/mol. The van der Waals surface area contributed by atoms with Crippen LogP contribution in [0.4, 0.5) is 4.79 Å². The van der Waals surface area contributed by atoms with E-state index >= 15 is 0 Å². The Balaban J connectivity index is 1.35. The van der Waals surface area contributed by atoms with Crippen molar-refractivity contribution in [1.29, 1.82) is 0 Å². The number of rotatable bonds is 8. The van der Waals surface area contributed by atoms with Crippen molar-refractivity contribution in [2.24, 2.45) is 0 Å². The molecule has 1 unspecified atom stereocenters. The third-order valence-electron chi connectivity index (χ3n) is 9.06. The third-order valence-corrected chi connectivity index (χ3v) is 14.8. The number of carbonyl (C=O) groups is 1. The Morgan fingerprint density at radius 2 is 1.89 bits per heavy atom. The van der Waals surface area contributed by atoms with Crippen LogP contribution in [0, 0.1) is 0 Å². The fourth-order valence-corrected chi connectivity index (χ4v) is 7.85. The van der Waals surface area contributed by atoms with Gasteiger partial charge >= 0.3 is 6.09 Å². The number of benzene rings is 1. The highest BCUT2D eigenvalue weighted by molar-refractivity contribution is 9.10. The Hall–Kier alpha value is -1.96. The lowest BCUT2D eigenvalue weighted by atomic mass is 10.1. The van der Waals surface area contributed by atoms with Gasteiger partial charge in [-0.05, 0) is 92.1 Å². The number of hydrogen-bond acceptors (Lipinski definition) is 8. The first kappa shape index (κ1) is 35.3. The molecule has 2 aliphatic rings. The molecule has 2 aliphatic heterocycles. The number of aryl methyl sites for hydroxylation is 1. The van der Waals surface area contributed by atoms with Gasteiger partial charge in [0.1, 0.15) is 17.5 Å². The molecule has 0 spiro atoms. The summed E-state index contributed by atoms with van der Waals surface area (Å²) in [6.07, 6.45) is 6.50. The first-order chi connectivity index (χ1) is 21.5. The van der Waals surface area contributed by atoms with Crippen molar-refractivity contribution in [3.05, 3.63) is 45.2 Å². The van der Waals surface area contributed by atoms with E-state index in [-0.39, 0.29) is 17.4 Å². The number of nitrogens with zero attached hydrogens (tertiary/aromatic N) is 4. The van der Waals surface area contributed by atoms with Crippen molar-refractivity contribution < 1.29 is 27.8 Å². The highest BCUT2D eigenvalue weighted by Gasteiger charge is 2.44. The Bertz CT molecular complexity index is 1520. The van der Waals surface area contributed by atoms with Crippen molar-refractivity contribution in [3.63, 3.8) is 0 Å². The summed E-state index contributed by atoms with van der Waals surface area (Å²) < 4.78 is 34.0. The molecule has 0 radical (unpaired) electrons. The van der Waals surface area contributed by atoms with Gasteiger partial charge in [-0.15, -0.1) is 0 Å². The van der Waals surface area contributed by atoms with Gasteiger partial charge in [-0.1, -0.05) is 32.4 Å². The summed E-state index contributed by atoms with van der Waals surface area (Å²) in [5.41, 5.74) is 1.34. The molecule has 10 nitrogen and oxygen atoms in total. The molecule has 1 amide bonds. The normalized spacial score (nSPS) is 20.7. The second kappa shape index (κ2) is 13.9. The van der Waals surface area contributed by atoms with E-state index in [9.17, 15) is 4.79 Å². The minimum Gasteiger partial charge on any atom is -0.444 e. The number of hydrogen-bond donors (Lipinski definition) is 0. The maximum atomic E-state index is 13.0. The summed E-state index contributed by atoms with van der Waals surface area (Å²) in [6, 6.07) is 1.98. The van der Waals surface area contributed by atoms with E-state index in [2.05, 4.69) is 54.9 Å². The minimum absolute atomic E-state index is 0.0568. The van der Waals surface area contributed by atoms with E-state index in [1.165, 1.54) is 0 Å². The lowest BCUT2D eigenvalue weighted by molar-refractivity contribution is -0.0929. The molecular formula is C33H48BrClN4O6Si. The average Bonchev–Trinajstić information content (AvgIpc) is 3.62. The molecule has 5 rings (SSSR count). The fraction of sp³-hybridized carbons (Fsp3) is 0.667. The molecular weight excluding hydrogens is 692 g/mol. The second-order valence-corrected chi connectivity index (χ2v) is 20.7. The summed E-state index contributed by atoms with van der Waals surface area (Å²) in [6.45, 7) is 18.4. The predicted molar refractivity (Wildman–Crippen MR) is 184 cm³/mol. The predicted octanol–water partition coefficient (Wildman–Crippen LogP) is 8.62. The smallest absolute Gasteiger partial charge is 0.410 e. The van der Waals surface area contributed by atoms with Gasteiger partial charge in [-0.25, -0.2) is 14.5 Å². The number of oxazole rings is 1. The largest absolute Gasteiger partial charge is 0.444 e. The van der Waals surface area contributed by atoms with E-state index in [1.807, 2.05) is 37.7 Å². The van der Waals surface area contributed by atoms with Crippen LogP contribution in [0.3, 0.4) is 0 Å². The molecule has 4 heterocycles. The highest BCUT2D eigenvalue weighted by Crippen LogP contribution is 2.42. The molecule has 2 saturated heterocycles. The van der Waals surface area contributed by atoms with Crippen molar-refractivity contribution in [3.8, 4) is 0 Å². The lowest BCUT2D eigenvalue weighted by Gasteiger charge is -2.42. The number of ether oxygens (including phenoxy) is 3. The minimum atomic E-state index is -2.29. The zero-order chi connectivity index (χ0) is 33.4. The number of carbonyl (C=O) groups excluding carboxylic acids is 1. The van der Waals surface area contributed by atoms with Crippen molar-refractivity contribution in [2.75, 3.05) is 26.3 Å². The molecule has 0 aliphatic carbocycles. The van der Waals surface area contributed by atoms with E-state index < -0.39 is 26.1 Å².